The van der Waals surface area contributed by atoms with E-state index in [4.69, 9.17) is 10.6 Å². The molecule has 1 aromatic heterocycles. The highest BCUT2D eigenvalue weighted by Crippen LogP contribution is 2.11. The van der Waals surface area contributed by atoms with Crippen molar-refractivity contribution in [2.24, 2.45) is 5.73 Å². The molecular weight excluding hydrogens is 252 g/mol. The van der Waals surface area contributed by atoms with E-state index in [1.165, 1.54) is 0 Å². The molecule has 20 heavy (non-hydrogen) atoms. The number of aryl methyl sites for hydroxylation is 1. The lowest BCUT2D eigenvalue weighted by Crippen LogP contribution is -2.19. The van der Waals surface area contributed by atoms with Gasteiger partial charge in [0, 0.05) is 25.5 Å². The molecule has 3 N–H and O–H groups in total. The Bertz CT molecular complexity index is 548. The van der Waals surface area contributed by atoms with E-state index in [2.05, 4.69) is 21.1 Å². The maximum Gasteiger partial charge on any atom is 0.105 e. The predicted octanol–water partition coefficient (Wildman–Crippen LogP) is 1.71. The highest BCUT2D eigenvalue weighted by Gasteiger charge is 2.01. The van der Waals surface area contributed by atoms with Crippen molar-refractivity contribution in [1.29, 1.82) is 0 Å². The molecule has 0 aliphatic rings. The summed E-state index contributed by atoms with van der Waals surface area (Å²) >= 11 is 0. The van der Waals surface area contributed by atoms with Gasteiger partial charge < -0.3 is 10.3 Å². The molecule has 0 atom stereocenters. The van der Waals surface area contributed by atoms with Gasteiger partial charge in [0.15, 0.2) is 0 Å². The quantitative estimate of drug-likeness (QED) is 0.595. The zero-order valence-corrected chi connectivity index (χ0v) is 11.6. The molecule has 1 aromatic carbocycles. The zero-order valence-electron chi connectivity index (χ0n) is 11.6. The van der Waals surface area contributed by atoms with E-state index in [1.807, 2.05) is 43.5 Å². The molecule has 5 nitrogen and oxygen atoms in total. The standard InChI is InChI=1S/C15H20N4O/c1-13-17-9-11-19(13)10-7-15(18-20-12-8-16)14-5-3-2-4-6-14/h2-7,9,11,18H,8,10,12,16H2,1H3. The Hall–Kier alpha value is -2.11. The second-order valence-corrected chi connectivity index (χ2v) is 4.35. The molecule has 0 saturated heterocycles. The van der Waals surface area contributed by atoms with Gasteiger partial charge in [0.2, 0.25) is 0 Å². The van der Waals surface area contributed by atoms with Crippen LogP contribution in [0.15, 0.2) is 48.8 Å². The van der Waals surface area contributed by atoms with Crippen molar-refractivity contribution >= 4 is 5.70 Å². The first-order chi connectivity index (χ1) is 9.81. The number of nitrogens with two attached hydrogens (primary N) is 1. The van der Waals surface area contributed by atoms with Crippen LogP contribution in [-0.4, -0.2) is 22.7 Å². The molecule has 0 aliphatic heterocycles. The lowest BCUT2D eigenvalue weighted by Gasteiger charge is -2.11. The van der Waals surface area contributed by atoms with Gasteiger partial charge in [-0.05, 0) is 18.6 Å². The number of nitrogens with zero attached hydrogens (tertiary/aromatic N) is 2. The highest BCUT2D eigenvalue weighted by atomic mass is 16.6. The molecule has 0 amide bonds. The van der Waals surface area contributed by atoms with Crippen LogP contribution in [0.5, 0.6) is 0 Å². The molecule has 0 radical (unpaired) electrons. The first-order valence-electron chi connectivity index (χ1n) is 6.62. The molecule has 0 fully saturated rings. The van der Waals surface area contributed by atoms with E-state index >= 15 is 0 Å². The lowest BCUT2D eigenvalue weighted by molar-refractivity contribution is 0.0847. The van der Waals surface area contributed by atoms with E-state index in [-0.39, 0.29) is 0 Å². The first-order valence-corrected chi connectivity index (χ1v) is 6.62. The summed E-state index contributed by atoms with van der Waals surface area (Å²) in [7, 11) is 0. The third kappa shape index (κ3) is 3.94. The van der Waals surface area contributed by atoms with Crippen molar-refractivity contribution < 1.29 is 4.84 Å². The summed E-state index contributed by atoms with van der Waals surface area (Å²) in [5.41, 5.74) is 10.4. The number of benzene rings is 1. The molecular formula is C15H20N4O. The van der Waals surface area contributed by atoms with Crippen LogP contribution >= 0.6 is 0 Å². The molecule has 0 spiro atoms. The number of allylic oxidation sites excluding steroid dienone is 1. The molecule has 0 unspecified atom stereocenters. The van der Waals surface area contributed by atoms with Crippen LogP contribution in [0, 0.1) is 6.92 Å². The van der Waals surface area contributed by atoms with Crippen LogP contribution < -0.4 is 11.2 Å². The molecule has 1 heterocycles. The highest BCUT2D eigenvalue weighted by molar-refractivity contribution is 5.62. The fourth-order valence-electron chi connectivity index (χ4n) is 1.81. The summed E-state index contributed by atoms with van der Waals surface area (Å²) < 4.78 is 2.06. The molecule has 0 aliphatic carbocycles. The number of rotatable bonds is 7. The van der Waals surface area contributed by atoms with Gasteiger partial charge in [-0.1, -0.05) is 30.3 Å². The van der Waals surface area contributed by atoms with Gasteiger partial charge in [0.05, 0.1) is 12.3 Å². The van der Waals surface area contributed by atoms with Crippen molar-refractivity contribution in [3.8, 4) is 0 Å². The van der Waals surface area contributed by atoms with Gasteiger partial charge >= 0.3 is 0 Å². The largest absolute Gasteiger partial charge is 0.331 e. The summed E-state index contributed by atoms with van der Waals surface area (Å²) in [6, 6.07) is 10.0. The topological polar surface area (TPSA) is 65.1 Å². The fourth-order valence-corrected chi connectivity index (χ4v) is 1.81. The summed E-state index contributed by atoms with van der Waals surface area (Å²) in [5.74, 6) is 0.983. The summed E-state index contributed by atoms with van der Waals surface area (Å²) in [5, 5.41) is 0. The number of hydrogen-bond acceptors (Lipinski definition) is 4. The smallest absolute Gasteiger partial charge is 0.105 e. The molecule has 0 saturated carbocycles. The first kappa shape index (κ1) is 14.3. The molecule has 106 valence electrons. The Morgan fingerprint density at radius 3 is 2.85 bits per heavy atom. The van der Waals surface area contributed by atoms with Gasteiger partial charge in [-0.25, -0.2) is 4.98 Å². The minimum atomic E-state index is 0.467. The van der Waals surface area contributed by atoms with E-state index < -0.39 is 0 Å². The Morgan fingerprint density at radius 2 is 2.20 bits per heavy atom. The second kappa shape index (κ2) is 7.47. The lowest BCUT2D eigenvalue weighted by atomic mass is 10.1. The third-order valence-electron chi connectivity index (χ3n) is 2.90. The monoisotopic (exact) mass is 272 g/mol. The Labute approximate surface area is 119 Å². The van der Waals surface area contributed by atoms with E-state index in [1.54, 1.807) is 6.20 Å². The van der Waals surface area contributed by atoms with Crippen LogP contribution in [0.1, 0.15) is 11.4 Å². The summed E-state index contributed by atoms with van der Waals surface area (Å²) in [6.45, 7) is 3.66. The SMILES string of the molecule is Cc1nccn1CC=C(NOCCN)c1ccccc1. The van der Waals surface area contributed by atoms with Crippen molar-refractivity contribution in [3.05, 3.63) is 60.2 Å². The number of nitrogens with one attached hydrogen (secondary N) is 1. The zero-order chi connectivity index (χ0) is 14.2. The number of imidazole rings is 1. The predicted molar refractivity (Wildman–Crippen MR) is 79.5 cm³/mol. The van der Waals surface area contributed by atoms with Crippen molar-refractivity contribution in [1.82, 2.24) is 15.0 Å². The minimum absolute atomic E-state index is 0.467. The summed E-state index contributed by atoms with van der Waals surface area (Å²) in [4.78, 5) is 9.54. The van der Waals surface area contributed by atoms with Crippen molar-refractivity contribution in [2.75, 3.05) is 13.2 Å². The average Bonchev–Trinajstić information content (AvgIpc) is 2.89. The number of aromatic nitrogens is 2. The maximum atomic E-state index is 5.43. The second-order valence-electron chi connectivity index (χ2n) is 4.35. The summed E-state index contributed by atoms with van der Waals surface area (Å²) in [6.07, 6.45) is 5.82. The van der Waals surface area contributed by atoms with Gasteiger partial charge in [-0.3, -0.25) is 10.3 Å². The Morgan fingerprint density at radius 1 is 1.40 bits per heavy atom. The van der Waals surface area contributed by atoms with Crippen LogP contribution in [0.4, 0.5) is 0 Å². The van der Waals surface area contributed by atoms with Crippen LogP contribution in [0.3, 0.4) is 0 Å². The van der Waals surface area contributed by atoms with Crippen LogP contribution in [-0.2, 0) is 11.4 Å². The van der Waals surface area contributed by atoms with E-state index in [0.717, 1.165) is 23.6 Å². The molecule has 2 aromatic rings. The fraction of sp³-hybridized carbons (Fsp3) is 0.267. The van der Waals surface area contributed by atoms with E-state index in [9.17, 15) is 0 Å². The average molecular weight is 272 g/mol. The van der Waals surface area contributed by atoms with Gasteiger partial charge in [0.1, 0.15) is 5.82 Å². The van der Waals surface area contributed by atoms with Crippen LogP contribution in [0.25, 0.3) is 5.70 Å². The molecule has 5 heteroatoms. The molecule has 0 bridgehead atoms. The van der Waals surface area contributed by atoms with Crippen molar-refractivity contribution in [3.63, 3.8) is 0 Å². The van der Waals surface area contributed by atoms with Gasteiger partial charge in [-0.2, -0.15) is 0 Å². The maximum absolute atomic E-state index is 5.43. The third-order valence-corrected chi connectivity index (χ3v) is 2.90. The normalized spacial score (nSPS) is 11.6. The molecule has 2 rings (SSSR count). The Kier molecular flexibility index (Phi) is 5.34. The van der Waals surface area contributed by atoms with Gasteiger partial charge in [-0.15, -0.1) is 0 Å². The van der Waals surface area contributed by atoms with Crippen LogP contribution in [0.2, 0.25) is 0 Å². The number of hydrogen-bond donors (Lipinski definition) is 2. The minimum Gasteiger partial charge on any atom is -0.331 e. The van der Waals surface area contributed by atoms with Gasteiger partial charge in [0.25, 0.3) is 0 Å². The van der Waals surface area contributed by atoms with E-state index in [0.29, 0.717) is 13.2 Å². The number of hydroxylamine groups is 1. The Balaban J connectivity index is 2.11. The van der Waals surface area contributed by atoms with Crippen molar-refractivity contribution in [2.45, 2.75) is 13.5 Å².